The molecule has 0 aromatic heterocycles. The minimum absolute atomic E-state index is 0.164. The van der Waals surface area contributed by atoms with Crippen LogP contribution in [0.15, 0.2) is 23.1 Å². The van der Waals surface area contributed by atoms with Gasteiger partial charge in [-0.1, -0.05) is 6.07 Å². The van der Waals surface area contributed by atoms with E-state index in [2.05, 4.69) is 10.0 Å². The summed E-state index contributed by atoms with van der Waals surface area (Å²) in [4.78, 5) is 10.4. The van der Waals surface area contributed by atoms with E-state index in [1.807, 2.05) is 0 Å². The van der Waals surface area contributed by atoms with E-state index in [0.29, 0.717) is 17.7 Å². The number of rotatable bonds is 4. The Hall–Kier alpha value is -1.40. The highest BCUT2D eigenvalue weighted by Gasteiger charge is 2.14. The van der Waals surface area contributed by atoms with E-state index >= 15 is 0 Å². The fourth-order valence-electron chi connectivity index (χ4n) is 1.16. The molecular weight excluding hydrogens is 216 g/mol. The molecule has 0 atom stereocenters. The molecule has 82 valence electrons. The lowest BCUT2D eigenvalue weighted by atomic mass is 10.2. The minimum atomic E-state index is -3.48. The van der Waals surface area contributed by atoms with Gasteiger partial charge in [-0.15, -0.1) is 0 Å². The van der Waals surface area contributed by atoms with Crippen LogP contribution in [0.1, 0.15) is 5.56 Å². The molecule has 2 N–H and O–H groups in total. The highest BCUT2D eigenvalue weighted by molar-refractivity contribution is 7.89. The van der Waals surface area contributed by atoms with Gasteiger partial charge in [-0.3, -0.25) is 4.79 Å². The third-order valence-electron chi connectivity index (χ3n) is 1.97. The van der Waals surface area contributed by atoms with Gasteiger partial charge in [0.25, 0.3) is 0 Å². The highest BCUT2D eigenvalue weighted by Crippen LogP contribution is 2.19. The Balaban J connectivity index is 3.28. The first-order chi connectivity index (χ1) is 7.01. The SMILES string of the molecule is CNS(=O)(=O)c1cc(NC=O)ccc1C. The summed E-state index contributed by atoms with van der Waals surface area (Å²) in [7, 11) is -2.13. The number of carbonyl (C=O) groups is 1. The van der Waals surface area contributed by atoms with Crippen molar-refractivity contribution in [3.05, 3.63) is 23.8 Å². The van der Waals surface area contributed by atoms with Crippen LogP contribution in [0.3, 0.4) is 0 Å². The van der Waals surface area contributed by atoms with Crippen LogP contribution in [0.5, 0.6) is 0 Å². The minimum Gasteiger partial charge on any atom is -0.329 e. The maximum absolute atomic E-state index is 11.6. The van der Waals surface area contributed by atoms with E-state index in [-0.39, 0.29) is 4.90 Å². The first kappa shape index (κ1) is 11.7. The Morgan fingerprint density at radius 2 is 2.00 bits per heavy atom. The van der Waals surface area contributed by atoms with E-state index in [1.54, 1.807) is 19.1 Å². The Kier molecular flexibility index (Phi) is 3.43. The number of nitrogens with one attached hydrogen (secondary N) is 2. The summed E-state index contributed by atoms with van der Waals surface area (Å²) in [5.74, 6) is 0. The van der Waals surface area contributed by atoms with Gasteiger partial charge in [-0.05, 0) is 31.7 Å². The van der Waals surface area contributed by atoms with Crippen LogP contribution in [-0.2, 0) is 14.8 Å². The second kappa shape index (κ2) is 4.41. The molecule has 5 nitrogen and oxygen atoms in total. The molecule has 0 bridgehead atoms. The van der Waals surface area contributed by atoms with Gasteiger partial charge < -0.3 is 5.32 Å². The number of anilines is 1. The number of carbonyl (C=O) groups excluding carboxylic acids is 1. The summed E-state index contributed by atoms with van der Waals surface area (Å²) in [6.45, 7) is 1.69. The molecule has 0 heterocycles. The molecule has 0 fully saturated rings. The van der Waals surface area contributed by atoms with Crippen molar-refractivity contribution in [3.63, 3.8) is 0 Å². The second-order valence-electron chi connectivity index (χ2n) is 2.95. The van der Waals surface area contributed by atoms with E-state index in [4.69, 9.17) is 0 Å². The average Bonchev–Trinajstić information content (AvgIpc) is 2.21. The van der Waals surface area contributed by atoms with E-state index in [9.17, 15) is 13.2 Å². The summed E-state index contributed by atoms with van der Waals surface area (Å²) in [5, 5.41) is 2.40. The van der Waals surface area contributed by atoms with Crippen molar-refractivity contribution in [3.8, 4) is 0 Å². The predicted molar refractivity (Wildman–Crippen MR) is 57.1 cm³/mol. The molecule has 15 heavy (non-hydrogen) atoms. The van der Waals surface area contributed by atoms with Crippen LogP contribution in [0.25, 0.3) is 0 Å². The van der Waals surface area contributed by atoms with Gasteiger partial charge in [0.15, 0.2) is 0 Å². The normalized spacial score (nSPS) is 11.1. The summed E-state index contributed by atoms with van der Waals surface area (Å²) in [6, 6.07) is 4.68. The third-order valence-corrected chi connectivity index (χ3v) is 3.53. The monoisotopic (exact) mass is 228 g/mol. The van der Waals surface area contributed by atoms with E-state index in [0.717, 1.165) is 0 Å². The van der Waals surface area contributed by atoms with E-state index < -0.39 is 10.0 Å². The van der Waals surface area contributed by atoms with Gasteiger partial charge in [-0.2, -0.15) is 0 Å². The summed E-state index contributed by atoms with van der Waals surface area (Å²) in [5.41, 5.74) is 1.07. The van der Waals surface area contributed by atoms with Crippen LogP contribution in [0, 0.1) is 6.92 Å². The lowest BCUT2D eigenvalue weighted by molar-refractivity contribution is -0.105. The molecule has 1 aromatic carbocycles. The molecule has 0 spiro atoms. The standard InChI is InChI=1S/C9H12N2O3S/c1-7-3-4-8(11-6-12)5-9(7)15(13,14)10-2/h3-6,10H,1-2H3,(H,11,12). The quantitative estimate of drug-likeness (QED) is 0.736. The number of hydrogen-bond donors (Lipinski definition) is 2. The molecule has 0 unspecified atom stereocenters. The molecule has 1 aromatic rings. The van der Waals surface area contributed by atoms with Crippen LogP contribution < -0.4 is 10.0 Å². The van der Waals surface area contributed by atoms with Gasteiger partial charge in [0.05, 0.1) is 4.90 Å². The zero-order chi connectivity index (χ0) is 11.5. The van der Waals surface area contributed by atoms with Crippen molar-refractivity contribution in [2.45, 2.75) is 11.8 Å². The average molecular weight is 228 g/mol. The fourth-order valence-corrected chi connectivity index (χ4v) is 2.15. The molecule has 1 rings (SSSR count). The van der Waals surface area contributed by atoms with Crippen molar-refractivity contribution < 1.29 is 13.2 Å². The second-order valence-corrected chi connectivity index (χ2v) is 4.80. The zero-order valence-electron chi connectivity index (χ0n) is 8.44. The zero-order valence-corrected chi connectivity index (χ0v) is 9.26. The predicted octanol–water partition coefficient (Wildman–Crippen LogP) is 0.471. The largest absolute Gasteiger partial charge is 0.329 e. The Morgan fingerprint density at radius 1 is 1.33 bits per heavy atom. The molecule has 0 aliphatic carbocycles. The number of aryl methyl sites for hydroxylation is 1. The van der Waals surface area contributed by atoms with Crippen LogP contribution >= 0.6 is 0 Å². The van der Waals surface area contributed by atoms with Gasteiger partial charge >= 0.3 is 0 Å². The van der Waals surface area contributed by atoms with Gasteiger partial charge in [0.1, 0.15) is 0 Å². The molecular formula is C9H12N2O3S. The molecule has 0 saturated heterocycles. The van der Waals surface area contributed by atoms with Gasteiger partial charge in [0.2, 0.25) is 16.4 Å². The number of amides is 1. The summed E-state index contributed by atoms with van der Waals surface area (Å²) < 4.78 is 25.3. The van der Waals surface area contributed by atoms with Crippen LogP contribution in [0.4, 0.5) is 5.69 Å². The number of sulfonamides is 1. The molecule has 0 aliphatic heterocycles. The Bertz CT molecular complexity index is 468. The maximum Gasteiger partial charge on any atom is 0.240 e. The van der Waals surface area contributed by atoms with Crippen molar-refractivity contribution in [1.82, 2.24) is 4.72 Å². The lowest BCUT2D eigenvalue weighted by Crippen LogP contribution is -2.19. The summed E-state index contributed by atoms with van der Waals surface area (Å²) in [6.07, 6.45) is 0.500. The van der Waals surface area contributed by atoms with Crippen molar-refractivity contribution in [1.29, 1.82) is 0 Å². The summed E-state index contributed by atoms with van der Waals surface area (Å²) >= 11 is 0. The molecule has 0 saturated carbocycles. The molecule has 0 radical (unpaired) electrons. The first-order valence-electron chi connectivity index (χ1n) is 4.25. The third kappa shape index (κ3) is 2.54. The maximum atomic E-state index is 11.6. The van der Waals surface area contributed by atoms with Gasteiger partial charge in [-0.25, -0.2) is 13.1 Å². The number of hydrogen-bond acceptors (Lipinski definition) is 3. The molecule has 0 aliphatic rings. The van der Waals surface area contributed by atoms with E-state index in [1.165, 1.54) is 13.1 Å². The fraction of sp³-hybridized carbons (Fsp3) is 0.222. The first-order valence-corrected chi connectivity index (χ1v) is 5.74. The lowest BCUT2D eigenvalue weighted by Gasteiger charge is -2.08. The van der Waals surface area contributed by atoms with Crippen molar-refractivity contribution in [2.75, 3.05) is 12.4 Å². The van der Waals surface area contributed by atoms with Crippen LogP contribution in [0.2, 0.25) is 0 Å². The van der Waals surface area contributed by atoms with Crippen molar-refractivity contribution in [2.24, 2.45) is 0 Å². The smallest absolute Gasteiger partial charge is 0.240 e. The Morgan fingerprint density at radius 3 is 2.53 bits per heavy atom. The topological polar surface area (TPSA) is 75.3 Å². The van der Waals surface area contributed by atoms with Crippen molar-refractivity contribution >= 4 is 22.1 Å². The Labute approximate surface area is 88.5 Å². The van der Waals surface area contributed by atoms with Crippen LogP contribution in [-0.4, -0.2) is 21.9 Å². The highest BCUT2D eigenvalue weighted by atomic mass is 32.2. The number of benzene rings is 1. The van der Waals surface area contributed by atoms with Gasteiger partial charge in [0, 0.05) is 5.69 Å². The molecule has 6 heteroatoms. The molecule has 1 amide bonds.